The number of halogens is 1. The van der Waals surface area contributed by atoms with Gasteiger partial charge in [-0.25, -0.2) is 4.98 Å². The van der Waals surface area contributed by atoms with E-state index < -0.39 is 0 Å². The number of nitrogens with zero attached hydrogens (tertiary/aromatic N) is 3. The van der Waals surface area contributed by atoms with Gasteiger partial charge in [-0.1, -0.05) is 17.7 Å². The van der Waals surface area contributed by atoms with Crippen molar-refractivity contribution in [3.63, 3.8) is 0 Å². The van der Waals surface area contributed by atoms with Crippen molar-refractivity contribution < 1.29 is 0 Å². The standard InChI is InChI=1S/C14H14ClN5/c1-9-2-4-12(15)11-3-5-13(18-14(9)11)16-7-6-10-8-17-20-19-10/h2-5,8H,6-7H2,1H3,(H,16,18)(H,17,19,20). The summed E-state index contributed by atoms with van der Waals surface area (Å²) in [5.74, 6) is 0.839. The molecule has 0 amide bonds. The Kier molecular flexibility index (Phi) is 3.52. The van der Waals surface area contributed by atoms with Crippen LogP contribution in [0.4, 0.5) is 5.82 Å². The van der Waals surface area contributed by atoms with Crippen LogP contribution >= 0.6 is 11.6 Å². The zero-order valence-corrected chi connectivity index (χ0v) is 11.8. The van der Waals surface area contributed by atoms with Crippen molar-refractivity contribution in [1.29, 1.82) is 0 Å². The van der Waals surface area contributed by atoms with Gasteiger partial charge in [0.2, 0.25) is 0 Å². The lowest BCUT2D eigenvalue weighted by molar-refractivity contribution is 0.890. The van der Waals surface area contributed by atoms with Gasteiger partial charge in [-0.15, -0.1) is 0 Å². The van der Waals surface area contributed by atoms with E-state index in [1.165, 1.54) is 0 Å². The Morgan fingerprint density at radius 1 is 1.25 bits per heavy atom. The molecular formula is C14H14ClN5. The van der Waals surface area contributed by atoms with Gasteiger partial charge >= 0.3 is 0 Å². The van der Waals surface area contributed by atoms with E-state index in [1.54, 1.807) is 6.20 Å². The first-order chi connectivity index (χ1) is 9.74. The van der Waals surface area contributed by atoms with E-state index in [1.807, 2.05) is 31.2 Å². The lowest BCUT2D eigenvalue weighted by atomic mass is 10.1. The summed E-state index contributed by atoms with van der Waals surface area (Å²) in [4.78, 5) is 4.62. The summed E-state index contributed by atoms with van der Waals surface area (Å²) < 4.78 is 0. The molecule has 6 heteroatoms. The van der Waals surface area contributed by atoms with E-state index in [-0.39, 0.29) is 0 Å². The molecule has 0 fully saturated rings. The molecule has 102 valence electrons. The van der Waals surface area contributed by atoms with Crippen LogP contribution in [0.2, 0.25) is 5.02 Å². The molecule has 0 saturated heterocycles. The van der Waals surface area contributed by atoms with E-state index in [4.69, 9.17) is 11.6 Å². The maximum atomic E-state index is 6.17. The van der Waals surface area contributed by atoms with E-state index in [0.717, 1.165) is 46.0 Å². The second-order valence-electron chi connectivity index (χ2n) is 4.60. The van der Waals surface area contributed by atoms with Crippen molar-refractivity contribution in [3.05, 3.63) is 46.7 Å². The van der Waals surface area contributed by atoms with Crippen LogP contribution in [0.5, 0.6) is 0 Å². The summed E-state index contributed by atoms with van der Waals surface area (Å²) >= 11 is 6.17. The number of hydrogen-bond donors (Lipinski definition) is 2. The van der Waals surface area contributed by atoms with Gasteiger partial charge < -0.3 is 5.32 Å². The average molecular weight is 288 g/mol. The molecule has 3 rings (SSSR count). The van der Waals surface area contributed by atoms with Crippen LogP contribution in [-0.4, -0.2) is 26.9 Å². The van der Waals surface area contributed by atoms with Gasteiger partial charge in [-0.3, -0.25) is 0 Å². The van der Waals surface area contributed by atoms with Gasteiger partial charge in [0.1, 0.15) is 5.82 Å². The lowest BCUT2D eigenvalue weighted by Gasteiger charge is -2.08. The van der Waals surface area contributed by atoms with Crippen molar-refractivity contribution in [1.82, 2.24) is 20.4 Å². The smallest absolute Gasteiger partial charge is 0.126 e. The third-order valence-electron chi connectivity index (χ3n) is 3.16. The number of pyridine rings is 1. The fourth-order valence-electron chi connectivity index (χ4n) is 2.08. The molecule has 0 atom stereocenters. The molecular weight excluding hydrogens is 274 g/mol. The summed E-state index contributed by atoms with van der Waals surface area (Å²) in [6.45, 7) is 2.79. The molecule has 2 N–H and O–H groups in total. The second kappa shape index (κ2) is 5.46. The average Bonchev–Trinajstić information content (AvgIpc) is 2.96. The number of hydrogen-bond acceptors (Lipinski definition) is 4. The summed E-state index contributed by atoms with van der Waals surface area (Å²) in [5, 5.41) is 15.4. The minimum absolute atomic E-state index is 0.729. The molecule has 0 aliphatic rings. The van der Waals surface area contributed by atoms with Crippen LogP contribution in [-0.2, 0) is 6.42 Å². The molecule has 0 saturated carbocycles. The predicted octanol–water partition coefficient (Wildman–Crippen LogP) is 2.97. The third kappa shape index (κ3) is 2.58. The number of fused-ring (bicyclic) bond motifs is 1. The number of aromatic amines is 1. The Hall–Kier alpha value is -2.14. The topological polar surface area (TPSA) is 66.5 Å². The molecule has 20 heavy (non-hydrogen) atoms. The molecule has 0 aliphatic carbocycles. The van der Waals surface area contributed by atoms with Gasteiger partial charge in [0, 0.05) is 23.4 Å². The van der Waals surface area contributed by atoms with Gasteiger partial charge in [0.05, 0.1) is 17.4 Å². The number of aryl methyl sites for hydroxylation is 1. The van der Waals surface area contributed by atoms with Gasteiger partial charge in [-0.2, -0.15) is 15.4 Å². The maximum Gasteiger partial charge on any atom is 0.126 e. The van der Waals surface area contributed by atoms with Crippen LogP contribution in [0.3, 0.4) is 0 Å². The number of aromatic nitrogens is 4. The molecule has 0 bridgehead atoms. The largest absolute Gasteiger partial charge is 0.370 e. The highest BCUT2D eigenvalue weighted by Gasteiger charge is 2.05. The fourth-order valence-corrected chi connectivity index (χ4v) is 2.30. The number of rotatable bonds is 4. The minimum Gasteiger partial charge on any atom is -0.370 e. The SMILES string of the molecule is Cc1ccc(Cl)c2ccc(NCCc3cn[nH]n3)nc12. The Balaban J connectivity index is 1.77. The van der Waals surface area contributed by atoms with E-state index >= 15 is 0 Å². The minimum atomic E-state index is 0.729. The van der Waals surface area contributed by atoms with Crippen molar-refractivity contribution in [2.24, 2.45) is 0 Å². The summed E-state index contributed by atoms with van der Waals surface area (Å²) in [7, 11) is 0. The number of nitrogens with one attached hydrogen (secondary N) is 2. The van der Waals surface area contributed by atoms with Crippen LogP contribution in [0.25, 0.3) is 10.9 Å². The molecule has 0 radical (unpaired) electrons. The summed E-state index contributed by atoms with van der Waals surface area (Å²) in [6, 6.07) is 7.82. The van der Waals surface area contributed by atoms with E-state index in [9.17, 15) is 0 Å². The molecule has 5 nitrogen and oxygen atoms in total. The Labute approximate surface area is 121 Å². The second-order valence-corrected chi connectivity index (χ2v) is 5.00. The van der Waals surface area contributed by atoms with Crippen LogP contribution in [0.1, 0.15) is 11.3 Å². The van der Waals surface area contributed by atoms with E-state index in [0.29, 0.717) is 0 Å². The van der Waals surface area contributed by atoms with Gasteiger partial charge in [0.15, 0.2) is 0 Å². The van der Waals surface area contributed by atoms with Crippen LogP contribution < -0.4 is 5.32 Å². The Morgan fingerprint density at radius 3 is 2.95 bits per heavy atom. The highest BCUT2D eigenvalue weighted by molar-refractivity contribution is 6.35. The van der Waals surface area contributed by atoms with Crippen molar-refractivity contribution >= 4 is 28.3 Å². The fraction of sp³-hybridized carbons (Fsp3) is 0.214. The quantitative estimate of drug-likeness (QED) is 0.774. The first-order valence-corrected chi connectivity index (χ1v) is 6.76. The number of anilines is 1. The van der Waals surface area contributed by atoms with Crippen LogP contribution in [0.15, 0.2) is 30.5 Å². The summed E-state index contributed by atoms with van der Waals surface area (Å²) in [5.41, 5.74) is 2.98. The first-order valence-electron chi connectivity index (χ1n) is 6.38. The monoisotopic (exact) mass is 287 g/mol. The van der Waals surface area contributed by atoms with E-state index in [2.05, 4.69) is 25.7 Å². The van der Waals surface area contributed by atoms with Crippen molar-refractivity contribution in [2.45, 2.75) is 13.3 Å². The molecule has 1 aromatic carbocycles. The molecule has 0 unspecified atom stereocenters. The predicted molar refractivity (Wildman–Crippen MR) is 80.1 cm³/mol. The summed E-state index contributed by atoms with van der Waals surface area (Å²) in [6.07, 6.45) is 2.52. The highest BCUT2D eigenvalue weighted by atomic mass is 35.5. The lowest BCUT2D eigenvalue weighted by Crippen LogP contribution is -2.06. The Morgan fingerprint density at radius 2 is 2.15 bits per heavy atom. The molecule has 2 heterocycles. The van der Waals surface area contributed by atoms with Crippen molar-refractivity contribution in [3.8, 4) is 0 Å². The zero-order chi connectivity index (χ0) is 13.9. The first kappa shape index (κ1) is 12.9. The molecule has 0 spiro atoms. The normalized spacial score (nSPS) is 10.9. The van der Waals surface area contributed by atoms with Crippen LogP contribution in [0, 0.1) is 6.92 Å². The number of H-pyrrole nitrogens is 1. The van der Waals surface area contributed by atoms with Crippen molar-refractivity contribution in [2.75, 3.05) is 11.9 Å². The third-order valence-corrected chi connectivity index (χ3v) is 3.49. The highest BCUT2D eigenvalue weighted by Crippen LogP contribution is 2.26. The maximum absolute atomic E-state index is 6.17. The molecule has 0 aliphatic heterocycles. The molecule has 2 aromatic heterocycles. The molecule has 3 aromatic rings. The van der Waals surface area contributed by atoms with Gasteiger partial charge in [-0.05, 0) is 30.7 Å². The zero-order valence-electron chi connectivity index (χ0n) is 11.0. The number of benzene rings is 1. The van der Waals surface area contributed by atoms with Gasteiger partial charge in [0.25, 0.3) is 0 Å². The Bertz CT molecular complexity index is 724.